The molecule has 0 radical (unpaired) electrons. The second-order valence-electron chi connectivity index (χ2n) is 4.19. The SMILES string of the molecule is CC(C)C(=O)NCCNC(=O)c1cc(F)cnc1Cl. The van der Waals surface area contributed by atoms with Gasteiger partial charge in [0.1, 0.15) is 11.0 Å². The van der Waals surface area contributed by atoms with Gasteiger partial charge in [-0.05, 0) is 6.07 Å². The molecule has 2 N–H and O–H groups in total. The molecule has 5 nitrogen and oxygen atoms in total. The van der Waals surface area contributed by atoms with Crippen molar-refractivity contribution in [2.75, 3.05) is 13.1 Å². The first-order valence-corrected chi connectivity index (χ1v) is 6.16. The van der Waals surface area contributed by atoms with Crippen LogP contribution in [0.4, 0.5) is 4.39 Å². The summed E-state index contributed by atoms with van der Waals surface area (Å²) in [7, 11) is 0. The molecule has 0 aliphatic rings. The Morgan fingerprint density at radius 3 is 2.63 bits per heavy atom. The standard InChI is InChI=1S/C12H15ClFN3O2/c1-7(2)11(18)15-3-4-16-12(19)9-5-8(14)6-17-10(9)13/h5-7H,3-4H2,1-2H3,(H,15,18)(H,16,19). The predicted molar refractivity (Wildman–Crippen MR) is 69.4 cm³/mol. The lowest BCUT2D eigenvalue weighted by Gasteiger charge is -2.09. The molecule has 0 unspecified atom stereocenters. The van der Waals surface area contributed by atoms with Gasteiger partial charge >= 0.3 is 0 Å². The summed E-state index contributed by atoms with van der Waals surface area (Å²) in [5, 5.41) is 5.09. The van der Waals surface area contributed by atoms with Gasteiger partial charge < -0.3 is 10.6 Å². The van der Waals surface area contributed by atoms with E-state index < -0.39 is 11.7 Å². The van der Waals surface area contributed by atoms with Gasteiger partial charge in [-0.1, -0.05) is 25.4 Å². The van der Waals surface area contributed by atoms with Crippen LogP contribution in [0, 0.1) is 11.7 Å². The first kappa shape index (κ1) is 15.4. The number of amides is 2. The average molecular weight is 288 g/mol. The molecule has 0 aliphatic carbocycles. The van der Waals surface area contributed by atoms with Gasteiger partial charge in [0.05, 0.1) is 11.8 Å². The van der Waals surface area contributed by atoms with Crippen molar-refractivity contribution >= 4 is 23.4 Å². The molecule has 7 heteroatoms. The van der Waals surface area contributed by atoms with E-state index in [0.717, 1.165) is 12.3 Å². The Morgan fingerprint density at radius 1 is 1.37 bits per heavy atom. The van der Waals surface area contributed by atoms with Gasteiger partial charge in [0, 0.05) is 19.0 Å². The number of halogens is 2. The summed E-state index contributed by atoms with van der Waals surface area (Å²) >= 11 is 5.69. The molecule has 1 heterocycles. The summed E-state index contributed by atoms with van der Waals surface area (Å²) in [6.45, 7) is 4.06. The van der Waals surface area contributed by atoms with Crippen LogP contribution in [-0.4, -0.2) is 29.9 Å². The zero-order chi connectivity index (χ0) is 14.4. The van der Waals surface area contributed by atoms with E-state index in [9.17, 15) is 14.0 Å². The Morgan fingerprint density at radius 2 is 2.00 bits per heavy atom. The molecule has 0 spiro atoms. The molecule has 104 valence electrons. The van der Waals surface area contributed by atoms with Crippen LogP contribution < -0.4 is 10.6 Å². The van der Waals surface area contributed by atoms with Crippen molar-refractivity contribution < 1.29 is 14.0 Å². The minimum absolute atomic E-state index is 0.0307. The van der Waals surface area contributed by atoms with Gasteiger partial charge in [-0.25, -0.2) is 9.37 Å². The number of nitrogens with one attached hydrogen (secondary N) is 2. The number of rotatable bonds is 5. The van der Waals surface area contributed by atoms with Crippen LogP contribution in [-0.2, 0) is 4.79 Å². The summed E-state index contributed by atoms with van der Waals surface area (Å²) in [4.78, 5) is 26.5. The minimum Gasteiger partial charge on any atom is -0.354 e. The Balaban J connectivity index is 2.44. The van der Waals surface area contributed by atoms with Crippen LogP contribution in [0.5, 0.6) is 0 Å². The highest BCUT2D eigenvalue weighted by atomic mass is 35.5. The van der Waals surface area contributed by atoms with Crippen molar-refractivity contribution in [2.45, 2.75) is 13.8 Å². The summed E-state index contributed by atoms with van der Waals surface area (Å²) in [5.74, 6) is -1.38. The van der Waals surface area contributed by atoms with Gasteiger partial charge in [0.15, 0.2) is 0 Å². The minimum atomic E-state index is -0.636. The molecule has 19 heavy (non-hydrogen) atoms. The molecule has 1 rings (SSSR count). The molecular formula is C12H15ClFN3O2. The summed E-state index contributed by atoms with van der Waals surface area (Å²) in [5.41, 5.74) is -0.0307. The van der Waals surface area contributed by atoms with Crippen molar-refractivity contribution in [3.05, 3.63) is 28.8 Å². The fraction of sp³-hybridized carbons (Fsp3) is 0.417. The topological polar surface area (TPSA) is 71.1 Å². The van der Waals surface area contributed by atoms with Gasteiger partial charge in [-0.15, -0.1) is 0 Å². The summed E-state index contributed by atoms with van der Waals surface area (Å²) < 4.78 is 12.9. The molecule has 0 aliphatic heterocycles. The molecule has 0 fully saturated rings. The van der Waals surface area contributed by atoms with E-state index in [-0.39, 0.29) is 29.1 Å². The van der Waals surface area contributed by atoms with Gasteiger partial charge in [-0.3, -0.25) is 9.59 Å². The molecule has 2 amide bonds. The monoisotopic (exact) mass is 287 g/mol. The molecule has 1 aromatic rings. The van der Waals surface area contributed by atoms with Crippen molar-refractivity contribution in [3.8, 4) is 0 Å². The van der Waals surface area contributed by atoms with E-state index in [4.69, 9.17) is 11.6 Å². The van der Waals surface area contributed by atoms with Crippen LogP contribution in [0.2, 0.25) is 5.15 Å². The average Bonchev–Trinajstić information content (AvgIpc) is 2.36. The van der Waals surface area contributed by atoms with E-state index in [1.165, 1.54) is 0 Å². The first-order chi connectivity index (χ1) is 8.91. The van der Waals surface area contributed by atoms with Crippen molar-refractivity contribution in [1.82, 2.24) is 15.6 Å². The third kappa shape index (κ3) is 4.82. The Labute approximate surface area is 115 Å². The van der Waals surface area contributed by atoms with E-state index in [0.29, 0.717) is 6.54 Å². The number of hydrogen-bond acceptors (Lipinski definition) is 3. The highest BCUT2D eigenvalue weighted by Crippen LogP contribution is 2.13. The van der Waals surface area contributed by atoms with Crippen LogP contribution >= 0.6 is 11.6 Å². The van der Waals surface area contributed by atoms with Crippen LogP contribution in [0.25, 0.3) is 0 Å². The highest BCUT2D eigenvalue weighted by Gasteiger charge is 2.12. The fourth-order valence-electron chi connectivity index (χ4n) is 1.24. The Bertz CT molecular complexity index is 480. The Hall–Kier alpha value is -1.69. The van der Waals surface area contributed by atoms with Crippen molar-refractivity contribution in [1.29, 1.82) is 0 Å². The fourth-order valence-corrected chi connectivity index (χ4v) is 1.43. The lowest BCUT2D eigenvalue weighted by atomic mass is 10.2. The third-order valence-corrected chi connectivity index (χ3v) is 2.59. The normalized spacial score (nSPS) is 10.4. The molecule has 1 aromatic heterocycles. The number of carbonyl (C=O) groups is 2. The number of carbonyl (C=O) groups excluding carboxylic acids is 2. The van der Waals surface area contributed by atoms with Crippen molar-refractivity contribution in [2.24, 2.45) is 5.92 Å². The molecule has 0 saturated carbocycles. The third-order valence-electron chi connectivity index (χ3n) is 2.28. The van der Waals surface area contributed by atoms with Crippen LogP contribution in [0.3, 0.4) is 0 Å². The second-order valence-corrected chi connectivity index (χ2v) is 4.55. The molecular weight excluding hydrogens is 273 g/mol. The van der Waals surface area contributed by atoms with Crippen molar-refractivity contribution in [3.63, 3.8) is 0 Å². The number of nitrogens with zero attached hydrogens (tertiary/aromatic N) is 1. The lowest BCUT2D eigenvalue weighted by Crippen LogP contribution is -2.36. The van der Waals surface area contributed by atoms with Crippen LogP contribution in [0.1, 0.15) is 24.2 Å². The van der Waals surface area contributed by atoms with E-state index in [1.807, 2.05) is 0 Å². The zero-order valence-electron chi connectivity index (χ0n) is 10.7. The molecule has 0 aromatic carbocycles. The maximum atomic E-state index is 12.9. The lowest BCUT2D eigenvalue weighted by molar-refractivity contribution is -0.123. The van der Waals surface area contributed by atoms with E-state index >= 15 is 0 Å². The molecule has 0 bridgehead atoms. The highest BCUT2D eigenvalue weighted by molar-refractivity contribution is 6.32. The first-order valence-electron chi connectivity index (χ1n) is 5.78. The summed E-state index contributed by atoms with van der Waals surface area (Å²) in [6, 6.07) is 1.01. The number of aromatic nitrogens is 1. The number of hydrogen-bond donors (Lipinski definition) is 2. The Kier molecular flexibility index (Phi) is 5.69. The van der Waals surface area contributed by atoms with E-state index in [2.05, 4.69) is 15.6 Å². The van der Waals surface area contributed by atoms with Gasteiger partial charge in [0.25, 0.3) is 5.91 Å². The number of pyridine rings is 1. The molecule has 0 atom stereocenters. The quantitative estimate of drug-likeness (QED) is 0.635. The maximum Gasteiger partial charge on any atom is 0.254 e. The smallest absolute Gasteiger partial charge is 0.254 e. The summed E-state index contributed by atoms with van der Waals surface area (Å²) in [6.07, 6.45) is 0.933. The zero-order valence-corrected chi connectivity index (χ0v) is 11.4. The van der Waals surface area contributed by atoms with Gasteiger partial charge in [0.2, 0.25) is 5.91 Å². The molecule has 0 saturated heterocycles. The van der Waals surface area contributed by atoms with Crippen LogP contribution in [0.15, 0.2) is 12.3 Å². The largest absolute Gasteiger partial charge is 0.354 e. The van der Waals surface area contributed by atoms with Gasteiger partial charge in [-0.2, -0.15) is 0 Å². The maximum absolute atomic E-state index is 12.9. The predicted octanol–water partition coefficient (Wildman–Crippen LogP) is 1.38. The second kappa shape index (κ2) is 7.04. The van der Waals surface area contributed by atoms with E-state index in [1.54, 1.807) is 13.8 Å².